The van der Waals surface area contributed by atoms with Gasteiger partial charge in [-0.3, -0.25) is 4.79 Å². The Kier molecular flexibility index (Phi) is 7.10. The second-order valence-corrected chi connectivity index (χ2v) is 2.93. The lowest BCUT2D eigenvalue weighted by atomic mass is 10.3. The lowest BCUT2D eigenvalue weighted by Gasteiger charge is -2.10. The first-order valence-corrected chi connectivity index (χ1v) is 4.56. The van der Waals surface area contributed by atoms with Crippen LogP contribution in [0.1, 0.15) is 6.92 Å². The van der Waals surface area contributed by atoms with Gasteiger partial charge in [0, 0.05) is 6.54 Å². The van der Waals surface area contributed by atoms with Crippen LogP contribution in [-0.2, 0) is 9.53 Å². The number of nitrogens with one attached hydrogen (secondary N) is 2. The second-order valence-electron chi connectivity index (χ2n) is 2.93. The molecule has 0 aliphatic carbocycles. The highest BCUT2D eigenvalue weighted by molar-refractivity contribution is 5.82. The number of ether oxygens (including phenoxy) is 1. The van der Waals surface area contributed by atoms with Gasteiger partial charge in [-0.05, 0) is 6.92 Å². The average Bonchev–Trinajstić information content (AvgIpc) is 2.16. The van der Waals surface area contributed by atoms with Crippen LogP contribution in [0, 0.1) is 0 Å². The second kappa shape index (κ2) is 7.80. The van der Waals surface area contributed by atoms with Gasteiger partial charge in [-0.1, -0.05) is 0 Å². The Morgan fingerprint density at radius 3 is 2.56 bits per heavy atom. The van der Waals surface area contributed by atoms with Gasteiger partial charge < -0.3 is 20.5 Å². The summed E-state index contributed by atoms with van der Waals surface area (Å²) in [4.78, 5) is 21.3. The van der Waals surface area contributed by atoms with E-state index in [2.05, 4.69) is 15.4 Å². The molecule has 0 aliphatic heterocycles. The van der Waals surface area contributed by atoms with E-state index in [1.54, 1.807) is 0 Å². The lowest BCUT2D eigenvalue weighted by molar-refractivity contribution is -0.138. The van der Waals surface area contributed by atoms with Gasteiger partial charge in [-0.15, -0.1) is 0 Å². The van der Waals surface area contributed by atoms with Crippen LogP contribution in [0.25, 0.3) is 0 Å². The molecular weight excluding hydrogens is 226 g/mol. The number of amides is 2. The first kappa shape index (κ1) is 14.6. The van der Waals surface area contributed by atoms with Gasteiger partial charge in [0.15, 0.2) is 0 Å². The van der Waals surface area contributed by atoms with Crippen molar-refractivity contribution in [3.8, 4) is 0 Å². The predicted molar refractivity (Wildman–Crippen MR) is 50.5 cm³/mol. The number of carboxylic acid groups (broad SMARTS) is 1. The molecule has 0 heterocycles. The SMILES string of the molecule is C[C@H](NC(=O)NCCOCC(F)F)C(=O)O. The highest BCUT2D eigenvalue weighted by Gasteiger charge is 2.12. The maximum atomic E-state index is 11.6. The normalized spacial score (nSPS) is 12.2. The Morgan fingerprint density at radius 1 is 1.44 bits per heavy atom. The molecule has 0 aromatic rings. The summed E-state index contributed by atoms with van der Waals surface area (Å²) in [6.07, 6.45) is -2.54. The zero-order valence-corrected chi connectivity index (χ0v) is 8.70. The Morgan fingerprint density at radius 2 is 2.06 bits per heavy atom. The van der Waals surface area contributed by atoms with Crippen molar-refractivity contribution in [2.24, 2.45) is 0 Å². The zero-order chi connectivity index (χ0) is 12.6. The van der Waals surface area contributed by atoms with E-state index in [4.69, 9.17) is 5.11 Å². The summed E-state index contributed by atoms with van der Waals surface area (Å²) in [5, 5.41) is 12.8. The summed E-state index contributed by atoms with van der Waals surface area (Å²) < 4.78 is 27.7. The van der Waals surface area contributed by atoms with Crippen LogP contribution >= 0.6 is 0 Å². The summed E-state index contributed by atoms with van der Waals surface area (Å²) in [5.41, 5.74) is 0. The first-order valence-electron chi connectivity index (χ1n) is 4.56. The van der Waals surface area contributed by atoms with Crippen molar-refractivity contribution in [3.05, 3.63) is 0 Å². The van der Waals surface area contributed by atoms with E-state index >= 15 is 0 Å². The van der Waals surface area contributed by atoms with Gasteiger partial charge in [0.05, 0.1) is 6.61 Å². The number of aliphatic carboxylic acids is 1. The van der Waals surface area contributed by atoms with Gasteiger partial charge >= 0.3 is 12.0 Å². The molecule has 0 aliphatic rings. The van der Waals surface area contributed by atoms with Crippen LogP contribution in [0.4, 0.5) is 13.6 Å². The average molecular weight is 240 g/mol. The molecule has 0 bridgehead atoms. The zero-order valence-electron chi connectivity index (χ0n) is 8.70. The summed E-state index contributed by atoms with van der Waals surface area (Å²) in [6, 6.07) is -1.70. The van der Waals surface area contributed by atoms with Crippen molar-refractivity contribution >= 4 is 12.0 Å². The first-order chi connectivity index (χ1) is 7.43. The number of carboxylic acids is 1. The third-order valence-electron chi connectivity index (χ3n) is 1.49. The molecule has 1 atom stereocenters. The van der Waals surface area contributed by atoms with E-state index in [1.165, 1.54) is 6.92 Å². The number of alkyl halides is 2. The Bertz CT molecular complexity index is 238. The van der Waals surface area contributed by atoms with E-state index in [9.17, 15) is 18.4 Å². The molecule has 0 fully saturated rings. The smallest absolute Gasteiger partial charge is 0.325 e. The molecule has 6 nitrogen and oxygen atoms in total. The summed E-state index contributed by atoms with van der Waals surface area (Å²) >= 11 is 0. The van der Waals surface area contributed by atoms with E-state index in [0.717, 1.165) is 0 Å². The third-order valence-corrected chi connectivity index (χ3v) is 1.49. The quantitative estimate of drug-likeness (QED) is 0.548. The fourth-order valence-electron chi connectivity index (χ4n) is 0.719. The topological polar surface area (TPSA) is 87.7 Å². The number of carbonyl (C=O) groups is 2. The van der Waals surface area contributed by atoms with Crippen molar-refractivity contribution in [3.63, 3.8) is 0 Å². The highest BCUT2D eigenvalue weighted by Crippen LogP contribution is 1.91. The van der Waals surface area contributed by atoms with Crippen LogP contribution in [0.2, 0.25) is 0 Å². The van der Waals surface area contributed by atoms with E-state index in [0.29, 0.717) is 0 Å². The number of hydrogen-bond acceptors (Lipinski definition) is 3. The summed E-state index contributed by atoms with van der Waals surface area (Å²) in [5.74, 6) is -1.16. The molecule has 8 heteroatoms. The molecule has 0 aromatic carbocycles. The minimum absolute atomic E-state index is 0.0326. The summed E-state index contributed by atoms with van der Waals surface area (Å²) in [6.45, 7) is 0.591. The number of hydrogen-bond donors (Lipinski definition) is 3. The van der Waals surface area contributed by atoms with Gasteiger partial charge in [-0.2, -0.15) is 0 Å². The molecule has 0 unspecified atom stereocenters. The van der Waals surface area contributed by atoms with Crippen LogP contribution in [0.3, 0.4) is 0 Å². The van der Waals surface area contributed by atoms with Crippen molar-refractivity contribution < 1.29 is 28.2 Å². The van der Waals surface area contributed by atoms with E-state index in [1.807, 2.05) is 0 Å². The number of halogens is 2. The molecule has 16 heavy (non-hydrogen) atoms. The van der Waals surface area contributed by atoms with Gasteiger partial charge in [0.25, 0.3) is 6.43 Å². The molecule has 94 valence electrons. The van der Waals surface area contributed by atoms with Crippen LogP contribution in [0.5, 0.6) is 0 Å². The monoisotopic (exact) mass is 240 g/mol. The Labute approximate surface area is 91.0 Å². The molecule has 0 saturated heterocycles. The van der Waals surface area contributed by atoms with Crippen LogP contribution in [0.15, 0.2) is 0 Å². The molecular formula is C8H14F2N2O4. The van der Waals surface area contributed by atoms with Gasteiger partial charge in [0.1, 0.15) is 12.6 Å². The minimum atomic E-state index is -2.54. The largest absolute Gasteiger partial charge is 0.480 e. The number of carbonyl (C=O) groups excluding carboxylic acids is 1. The van der Waals surface area contributed by atoms with E-state index in [-0.39, 0.29) is 13.2 Å². The standard InChI is InChI=1S/C8H14F2N2O4/c1-5(7(13)14)12-8(15)11-2-3-16-4-6(9)10/h5-6H,2-4H2,1H3,(H,13,14)(H2,11,12,15)/t5-/m0/s1. The van der Waals surface area contributed by atoms with Crippen molar-refractivity contribution in [1.82, 2.24) is 10.6 Å². The van der Waals surface area contributed by atoms with Gasteiger partial charge in [0.2, 0.25) is 0 Å². The maximum Gasteiger partial charge on any atom is 0.325 e. The number of rotatable bonds is 7. The van der Waals surface area contributed by atoms with Crippen LogP contribution < -0.4 is 10.6 Å². The van der Waals surface area contributed by atoms with Gasteiger partial charge in [-0.25, -0.2) is 13.6 Å². The maximum absolute atomic E-state index is 11.6. The molecule has 0 radical (unpaired) electrons. The van der Waals surface area contributed by atoms with Crippen molar-refractivity contribution in [2.75, 3.05) is 19.8 Å². The number of urea groups is 1. The van der Waals surface area contributed by atoms with Crippen LogP contribution in [-0.4, -0.2) is 49.3 Å². The van der Waals surface area contributed by atoms with Crippen molar-refractivity contribution in [1.29, 1.82) is 0 Å². The lowest BCUT2D eigenvalue weighted by Crippen LogP contribution is -2.45. The molecule has 0 aromatic heterocycles. The fourth-order valence-corrected chi connectivity index (χ4v) is 0.719. The molecule has 2 amide bonds. The molecule has 0 spiro atoms. The fraction of sp³-hybridized carbons (Fsp3) is 0.750. The Hall–Kier alpha value is -1.44. The highest BCUT2D eigenvalue weighted by atomic mass is 19.3. The predicted octanol–water partition coefficient (Wildman–Crippen LogP) is 0.0404. The Balaban J connectivity index is 3.48. The minimum Gasteiger partial charge on any atom is -0.480 e. The third kappa shape index (κ3) is 7.92. The molecule has 3 N–H and O–H groups in total. The van der Waals surface area contributed by atoms with Crippen molar-refractivity contribution in [2.45, 2.75) is 19.4 Å². The van der Waals surface area contributed by atoms with E-state index < -0.39 is 31.1 Å². The molecule has 0 saturated carbocycles. The molecule has 0 rings (SSSR count). The summed E-state index contributed by atoms with van der Waals surface area (Å²) in [7, 11) is 0.